The maximum Gasteiger partial charge on any atom is 0.320 e. The van der Waals surface area contributed by atoms with Gasteiger partial charge in [0.1, 0.15) is 6.04 Å². The number of carboxylic acids is 1. The number of carboxylic acid groups (broad SMARTS) is 1. The van der Waals surface area contributed by atoms with E-state index in [1.165, 1.54) is 0 Å². The van der Waals surface area contributed by atoms with Gasteiger partial charge in [0, 0.05) is 6.04 Å². The van der Waals surface area contributed by atoms with Crippen molar-refractivity contribution in [2.75, 3.05) is 6.61 Å². The third-order valence-corrected chi connectivity index (χ3v) is 2.32. The molecule has 4 nitrogen and oxygen atoms in total. The molecular weight excluding hydrogens is 194 g/mol. The fourth-order valence-corrected chi connectivity index (χ4v) is 1.57. The van der Waals surface area contributed by atoms with Crippen LogP contribution in [0.25, 0.3) is 0 Å². The van der Waals surface area contributed by atoms with E-state index >= 15 is 0 Å². The average molecular weight is 217 g/mol. The highest BCUT2D eigenvalue weighted by Crippen LogP contribution is 2.08. The number of aliphatic carboxylic acids is 1. The van der Waals surface area contributed by atoms with Crippen molar-refractivity contribution in [1.29, 1.82) is 0 Å². The molecule has 0 bridgehead atoms. The number of aliphatic hydroxyl groups is 1. The molecule has 3 N–H and O–H groups in total. The largest absolute Gasteiger partial charge is 0.480 e. The van der Waals surface area contributed by atoms with Crippen LogP contribution in [0.4, 0.5) is 0 Å². The van der Waals surface area contributed by atoms with Crippen LogP contribution in [-0.2, 0) is 4.79 Å². The lowest BCUT2D eigenvalue weighted by Gasteiger charge is -2.25. The van der Waals surface area contributed by atoms with Gasteiger partial charge in [0.25, 0.3) is 0 Å². The molecule has 0 aromatic rings. The van der Waals surface area contributed by atoms with E-state index in [4.69, 9.17) is 10.2 Å². The van der Waals surface area contributed by atoms with Gasteiger partial charge in [0.2, 0.25) is 0 Å². The van der Waals surface area contributed by atoms with Crippen LogP contribution in [0, 0.1) is 11.8 Å². The minimum absolute atomic E-state index is 0.0173. The fourth-order valence-electron chi connectivity index (χ4n) is 1.57. The smallest absolute Gasteiger partial charge is 0.320 e. The molecule has 0 saturated heterocycles. The van der Waals surface area contributed by atoms with Crippen LogP contribution >= 0.6 is 0 Å². The third kappa shape index (κ3) is 5.74. The summed E-state index contributed by atoms with van der Waals surface area (Å²) in [5, 5.41) is 21.1. The fraction of sp³-hybridized carbons (Fsp3) is 0.909. The Balaban J connectivity index is 4.29. The van der Waals surface area contributed by atoms with Gasteiger partial charge in [0.15, 0.2) is 0 Å². The van der Waals surface area contributed by atoms with Crippen LogP contribution in [0.5, 0.6) is 0 Å². The minimum Gasteiger partial charge on any atom is -0.480 e. The van der Waals surface area contributed by atoms with Crippen LogP contribution in [0.1, 0.15) is 34.1 Å². The predicted octanol–water partition coefficient (Wildman–Crippen LogP) is 1.09. The monoisotopic (exact) mass is 217 g/mol. The molecule has 2 atom stereocenters. The molecule has 0 rings (SSSR count). The predicted molar refractivity (Wildman–Crippen MR) is 59.7 cm³/mol. The number of aliphatic hydroxyl groups excluding tert-OH is 1. The molecule has 15 heavy (non-hydrogen) atoms. The first kappa shape index (κ1) is 14.4. The molecule has 4 heteroatoms. The van der Waals surface area contributed by atoms with Crippen molar-refractivity contribution in [2.45, 2.75) is 46.2 Å². The topological polar surface area (TPSA) is 69.6 Å². The quantitative estimate of drug-likeness (QED) is 0.597. The maximum atomic E-state index is 10.9. The molecule has 0 amide bonds. The summed E-state index contributed by atoms with van der Waals surface area (Å²) in [6.07, 6.45) is 0.785. The Morgan fingerprint density at radius 2 is 1.80 bits per heavy atom. The molecule has 0 aliphatic rings. The summed E-state index contributed by atoms with van der Waals surface area (Å²) in [5.41, 5.74) is 0. The Labute approximate surface area is 91.7 Å². The van der Waals surface area contributed by atoms with Crippen molar-refractivity contribution in [3.8, 4) is 0 Å². The van der Waals surface area contributed by atoms with Crippen molar-refractivity contribution in [1.82, 2.24) is 5.32 Å². The average Bonchev–Trinajstić information content (AvgIpc) is 2.10. The molecule has 0 radical (unpaired) electrons. The number of carbonyl (C=O) groups is 1. The van der Waals surface area contributed by atoms with Gasteiger partial charge in [-0.05, 0) is 18.3 Å². The van der Waals surface area contributed by atoms with E-state index in [-0.39, 0.29) is 18.6 Å². The lowest BCUT2D eigenvalue weighted by molar-refractivity contribution is -0.141. The summed E-state index contributed by atoms with van der Waals surface area (Å²) in [5.74, 6) is -0.396. The highest BCUT2D eigenvalue weighted by atomic mass is 16.4. The highest BCUT2D eigenvalue weighted by Gasteiger charge is 2.24. The van der Waals surface area contributed by atoms with Gasteiger partial charge in [-0.3, -0.25) is 10.1 Å². The Hall–Kier alpha value is -0.610. The van der Waals surface area contributed by atoms with E-state index in [9.17, 15) is 4.79 Å². The maximum absolute atomic E-state index is 10.9. The van der Waals surface area contributed by atoms with Gasteiger partial charge in [-0.1, -0.05) is 27.7 Å². The van der Waals surface area contributed by atoms with Gasteiger partial charge in [0.05, 0.1) is 6.61 Å². The second kappa shape index (κ2) is 6.80. The summed E-state index contributed by atoms with van der Waals surface area (Å²) in [6, 6.07) is -0.714. The summed E-state index contributed by atoms with van der Waals surface area (Å²) in [4.78, 5) is 10.9. The molecule has 0 spiro atoms. The Morgan fingerprint density at radius 1 is 1.27 bits per heavy atom. The van der Waals surface area contributed by atoms with E-state index in [1.54, 1.807) is 0 Å². The molecule has 0 saturated carbocycles. The second-order valence-corrected chi connectivity index (χ2v) is 4.74. The zero-order valence-corrected chi connectivity index (χ0v) is 10.0. The molecule has 0 fully saturated rings. The SMILES string of the molecule is CC(C)CC(CO)NC(C(=O)O)C(C)C. The number of hydrogen-bond acceptors (Lipinski definition) is 3. The second-order valence-electron chi connectivity index (χ2n) is 4.74. The van der Waals surface area contributed by atoms with Crippen LogP contribution < -0.4 is 5.32 Å². The zero-order chi connectivity index (χ0) is 12.0. The summed E-state index contributed by atoms with van der Waals surface area (Å²) >= 11 is 0. The first-order valence-corrected chi connectivity index (χ1v) is 5.48. The minimum atomic E-state index is -0.854. The summed E-state index contributed by atoms with van der Waals surface area (Å²) < 4.78 is 0. The lowest BCUT2D eigenvalue weighted by Crippen LogP contribution is -2.48. The summed E-state index contributed by atoms with van der Waals surface area (Å²) in [6.45, 7) is 7.80. The van der Waals surface area contributed by atoms with Crippen LogP contribution in [0.15, 0.2) is 0 Å². The molecule has 90 valence electrons. The normalized spacial score (nSPS) is 15.7. The molecule has 0 aliphatic heterocycles. The van der Waals surface area contributed by atoms with Crippen LogP contribution in [-0.4, -0.2) is 34.9 Å². The van der Waals surface area contributed by atoms with Crippen LogP contribution in [0.3, 0.4) is 0 Å². The Kier molecular flexibility index (Phi) is 6.52. The summed E-state index contributed by atoms with van der Waals surface area (Å²) in [7, 11) is 0. The number of nitrogens with one attached hydrogen (secondary N) is 1. The Bertz CT molecular complexity index is 192. The zero-order valence-electron chi connectivity index (χ0n) is 10.0. The number of rotatable bonds is 7. The van der Waals surface area contributed by atoms with Crippen molar-refractivity contribution < 1.29 is 15.0 Å². The van der Waals surface area contributed by atoms with Gasteiger partial charge >= 0.3 is 5.97 Å². The van der Waals surface area contributed by atoms with Crippen molar-refractivity contribution in [3.63, 3.8) is 0 Å². The molecular formula is C11H23NO3. The van der Waals surface area contributed by atoms with Gasteiger partial charge in [-0.2, -0.15) is 0 Å². The molecule has 0 heterocycles. The molecule has 0 aromatic carbocycles. The van der Waals surface area contributed by atoms with Crippen molar-refractivity contribution >= 4 is 5.97 Å². The van der Waals surface area contributed by atoms with E-state index < -0.39 is 12.0 Å². The van der Waals surface area contributed by atoms with E-state index in [1.807, 2.05) is 13.8 Å². The standard InChI is InChI=1S/C11H23NO3/c1-7(2)5-9(6-13)12-10(8(3)4)11(14)15/h7-10,12-13H,5-6H2,1-4H3,(H,14,15). The number of hydrogen-bond donors (Lipinski definition) is 3. The van der Waals surface area contributed by atoms with Crippen molar-refractivity contribution in [3.05, 3.63) is 0 Å². The van der Waals surface area contributed by atoms with Gasteiger partial charge < -0.3 is 10.2 Å². The molecule has 0 aliphatic carbocycles. The highest BCUT2D eigenvalue weighted by molar-refractivity contribution is 5.73. The molecule has 0 aromatic heterocycles. The van der Waals surface area contributed by atoms with Gasteiger partial charge in [-0.25, -0.2) is 0 Å². The molecule has 2 unspecified atom stereocenters. The van der Waals surface area contributed by atoms with Crippen molar-refractivity contribution in [2.24, 2.45) is 11.8 Å². The van der Waals surface area contributed by atoms with Gasteiger partial charge in [-0.15, -0.1) is 0 Å². The van der Waals surface area contributed by atoms with E-state index in [0.717, 1.165) is 6.42 Å². The third-order valence-electron chi connectivity index (χ3n) is 2.32. The Morgan fingerprint density at radius 3 is 2.07 bits per heavy atom. The lowest BCUT2D eigenvalue weighted by atomic mass is 9.99. The van der Waals surface area contributed by atoms with E-state index in [0.29, 0.717) is 5.92 Å². The first-order chi connectivity index (χ1) is 6.88. The first-order valence-electron chi connectivity index (χ1n) is 5.48. The van der Waals surface area contributed by atoms with Crippen LogP contribution in [0.2, 0.25) is 0 Å². The van der Waals surface area contributed by atoms with E-state index in [2.05, 4.69) is 19.2 Å².